The molecule has 2 fully saturated rings. The van der Waals surface area contributed by atoms with E-state index in [1.807, 2.05) is 6.92 Å². The number of piperidine rings is 1. The first-order valence-corrected chi connectivity index (χ1v) is 12.9. The van der Waals surface area contributed by atoms with Gasteiger partial charge in [0.15, 0.2) is 5.65 Å². The van der Waals surface area contributed by atoms with Gasteiger partial charge in [-0.05, 0) is 51.2 Å². The van der Waals surface area contributed by atoms with Crippen molar-refractivity contribution in [1.82, 2.24) is 24.4 Å². The normalized spacial score (nSPS) is 23.4. The fraction of sp³-hybridized carbons (Fsp3) is 0.500. The number of aliphatic hydroxyl groups is 1. The Morgan fingerprint density at radius 3 is 2.78 bits per heavy atom. The summed E-state index contributed by atoms with van der Waals surface area (Å²) >= 11 is 6.19. The summed E-state index contributed by atoms with van der Waals surface area (Å²) in [5.41, 5.74) is 3.46. The minimum absolute atomic E-state index is 0.0712. The van der Waals surface area contributed by atoms with E-state index in [9.17, 15) is 14.3 Å². The zero-order valence-corrected chi connectivity index (χ0v) is 20.9. The van der Waals surface area contributed by atoms with Crippen LogP contribution in [0.15, 0.2) is 24.4 Å². The molecule has 10 heteroatoms. The highest BCUT2D eigenvalue weighted by Crippen LogP contribution is 2.38. The second-order valence-corrected chi connectivity index (χ2v) is 10.5. The number of ether oxygens (including phenoxy) is 1. The van der Waals surface area contributed by atoms with Gasteiger partial charge in [-0.1, -0.05) is 11.6 Å². The van der Waals surface area contributed by atoms with Gasteiger partial charge in [-0.15, -0.1) is 0 Å². The second kappa shape index (κ2) is 9.28. The fourth-order valence-corrected chi connectivity index (χ4v) is 6.18. The second-order valence-electron chi connectivity index (χ2n) is 10.1. The molecule has 2 bridgehead atoms. The first-order chi connectivity index (χ1) is 17.4. The molecule has 3 aromatic rings. The SMILES string of the molecule is Cc1nc2c3c(nn2cc1Cl)CN(C(=O)c1ccc(F)cc1O[C@H]1C[C@H]2CC[C@@H](C1)N2CCCO)C3. The Kier molecular flexibility index (Phi) is 6.09. The highest BCUT2D eigenvalue weighted by Gasteiger charge is 2.41. The van der Waals surface area contributed by atoms with E-state index in [0.29, 0.717) is 52.8 Å². The third-order valence-corrected chi connectivity index (χ3v) is 8.15. The number of rotatable bonds is 6. The maximum atomic E-state index is 14.3. The van der Waals surface area contributed by atoms with Crippen LogP contribution in [0.25, 0.3) is 5.65 Å². The molecule has 0 radical (unpaired) electrons. The van der Waals surface area contributed by atoms with Gasteiger partial charge < -0.3 is 14.7 Å². The molecule has 2 aromatic heterocycles. The maximum Gasteiger partial charge on any atom is 0.258 e. The first kappa shape index (κ1) is 23.6. The number of hydrogen-bond acceptors (Lipinski definition) is 6. The number of nitrogens with zero attached hydrogens (tertiary/aromatic N) is 5. The molecule has 190 valence electrons. The predicted molar refractivity (Wildman–Crippen MR) is 132 cm³/mol. The minimum Gasteiger partial charge on any atom is -0.489 e. The van der Waals surface area contributed by atoms with Crippen LogP contribution in [0, 0.1) is 12.7 Å². The van der Waals surface area contributed by atoms with E-state index in [4.69, 9.17) is 16.3 Å². The van der Waals surface area contributed by atoms with Crippen molar-refractivity contribution in [3.63, 3.8) is 0 Å². The van der Waals surface area contributed by atoms with Crippen LogP contribution >= 0.6 is 11.6 Å². The molecule has 6 rings (SSSR count). The average molecular weight is 514 g/mol. The van der Waals surface area contributed by atoms with Gasteiger partial charge in [0.1, 0.15) is 17.7 Å². The Bertz CT molecular complexity index is 1320. The fourth-order valence-electron chi connectivity index (χ4n) is 6.05. The lowest BCUT2D eigenvalue weighted by molar-refractivity contribution is 0.0445. The number of amides is 1. The molecule has 0 aliphatic carbocycles. The van der Waals surface area contributed by atoms with Crippen molar-refractivity contribution in [1.29, 1.82) is 0 Å². The van der Waals surface area contributed by atoms with Crippen LogP contribution in [0.3, 0.4) is 0 Å². The third kappa shape index (κ3) is 4.13. The van der Waals surface area contributed by atoms with Gasteiger partial charge in [0.2, 0.25) is 0 Å². The van der Waals surface area contributed by atoms with Crippen molar-refractivity contribution < 1.29 is 19.0 Å². The summed E-state index contributed by atoms with van der Waals surface area (Å²) < 4.78 is 22.2. The van der Waals surface area contributed by atoms with Crippen LogP contribution in [0.4, 0.5) is 4.39 Å². The van der Waals surface area contributed by atoms with Crippen molar-refractivity contribution >= 4 is 23.2 Å². The van der Waals surface area contributed by atoms with Gasteiger partial charge in [-0.2, -0.15) is 5.10 Å². The van der Waals surface area contributed by atoms with Crippen molar-refractivity contribution in [2.75, 3.05) is 13.2 Å². The number of benzene rings is 1. The zero-order valence-electron chi connectivity index (χ0n) is 20.2. The Morgan fingerprint density at radius 1 is 1.25 bits per heavy atom. The van der Waals surface area contributed by atoms with Crippen molar-refractivity contribution in [2.24, 2.45) is 0 Å². The average Bonchev–Trinajstić information content (AvgIpc) is 3.47. The Hall–Kier alpha value is -2.75. The van der Waals surface area contributed by atoms with Crippen LogP contribution in [-0.4, -0.2) is 66.8 Å². The first-order valence-electron chi connectivity index (χ1n) is 12.6. The van der Waals surface area contributed by atoms with Gasteiger partial charge in [0.05, 0.1) is 41.3 Å². The van der Waals surface area contributed by atoms with Crippen LogP contribution < -0.4 is 4.74 Å². The molecule has 8 nitrogen and oxygen atoms in total. The molecule has 0 saturated carbocycles. The summed E-state index contributed by atoms with van der Waals surface area (Å²) in [7, 11) is 0. The lowest BCUT2D eigenvalue weighted by atomic mass is 9.99. The molecule has 3 atom stereocenters. The number of carbonyl (C=O) groups is 1. The third-order valence-electron chi connectivity index (χ3n) is 7.78. The lowest BCUT2D eigenvalue weighted by Crippen LogP contribution is -2.46. The van der Waals surface area contributed by atoms with Crippen molar-refractivity contribution in [3.05, 3.63) is 57.8 Å². The van der Waals surface area contributed by atoms with Gasteiger partial charge in [0, 0.05) is 36.9 Å². The van der Waals surface area contributed by atoms with Crippen molar-refractivity contribution in [2.45, 2.75) is 70.3 Å². The topological polar surface area (TPSA) is 83.2 Å². The molecule has 1 N–H and O–H groups in total. The van der Waals surface area contributed by atoms with E-state index >= 15 is 0 Å². The number of carbonyl (C=O) groups excluding carboxylic acids is 1. The number of fused-ring (bicyclic) bond motifs is 5. The summed E-state index contributed by atoms with van der Waals surface area (Å²) in [6.07, 6.45) is 6.33. The standard InChI is InChI=1S/C26H29ClFN5O3/c1-15-22(27)13-33-25(29-15)21-12-31(14-23(21)30-33)26(35)20-6-3-16(28)9-24(20)36-19-10-17-4-5-18(11-19)32(17)7-2-8-34/h3,6,9,13,17-19,34H,2,4-5,7-8,10-12,14H2,1H3/t17-,18+,19+. The van der Waals surface area contributed by atoms with Crippen molar-refractivity contribution in [3.8, 4) is 5.75 Å². The summed E-state index contributed by atoms with van der Waals surface area (Å²) in [4.78, 5) is 22.3. The molecule has 0 spiro atoms. The molecule has 0 unspecified atom stereocenters. The Morgan fingerprint density at radius 2 is 2.03 bits per heavy atom. The van der Waals surface area contributed by atoms with Crippen LogP contribution in [-0.2, 0) is 13.1 Å². The highest BCUT2D eigenvalue weighted by molar-refractivity contribution is 6.31. The van der Waals surface area contributed by atoms with Crippen LogP contribution in [0.5, 0.6) is 5.75 Å². The molecule has 1 aromatic carbocycles. The Labute approximate surface area is 213 Å². The highest BCUT2D eigenvalue weighted by atomic mass is 35.5. The van der Waals surface area contributed by atoms with Crippen LogP contribution in [0.2, 0.25) is 5.02 Å². The smallest absolute Gasteiger partial charge is 0.258 e. The predicted octanol–water partition coefficient (Wildman–Crippen LogP) is 3.74. The quantitative estimate of drug-likeness (QED) is 0.540. The number of hydrogen-bond donors (Lipinski definition) is 1. The summed E-state index contributed by atoms with van der Waals surface area (Å²) in [5, 5.41) is 14.3. The summed E-state index contributed by atoms with van der Waals surface area (Å²) in [5.74, 6) is -0.341. The Balaban J connectivity index is 1.20. The van der Waals surface area contributed by atoms with E-state index in [1.54, 1.807) is 15.6 Å². The molecule has 3 aliphatic heterocycles. The minimum atomic E-state index is -0.427. The molecule has 36 heavy (non-hydrogen) atoms. The lowest BCUT2D eigenvalue weighted by Gasteiger charge is -2.39. The number of halogens is 2. The van der Waals surface area contributed by atoms with Gasteiger partial charge in [0.25, 0.3) is 5.91 Å². The van der Waals surface area contributed by atoms with E-state index in [2.05, 4.69) is 15.0 Å². The molecule has 1 amide bonds. The zero-order chi connectivity index (χ0) is 25.0. The molecular formula is C26H29ClFN5O3. The molecule has 3 aliphatic rings. The van der Waals surface area contributed by atoms with Gasteiger partial charge in [-0.25, -0.2) is 13.9 Å². The van der Waals surface area contributed by atoms with E-state index in [1.165, 1.54) is 18.2 Å². The van der Waals surface area contributed by atoms with E-state index < -0.39 is 5.82 Å². The number of aliphatic hydroxyl groups excluding tert-OH is 1. The molecule has 5 heterocycles. The van der Waals surface area contributed by atoms with E-state index in [0.717, 1.165) is 49.9 Å². The molecule has 2 saturated heterocycles. The maximum absolute atomic E-state index is 14.3. The largest absolute Gasteiger partial charge is 0.489 e. The van der Waals surface area contributed by atoms with Crippen LogP contribution in [0.1, 0.15) is 59.4 Å². The summed E-state index contributed by atoms with van der Waals surface area (Å²) in [6.45, 7) is 3.64. The monoisotopic (exact) mass is 513 g/mol. The number of aromatic nitrogens is 3. The van der Waals surface area contributed by atoms with E-state index in [-0.39, 0.29) is 18.6 Å². The number of aryl methyl sites for hydroxylation is 1. The summed E-state index contributed by atoms with van der Waals surface area (Å²) in [6, 6.07) is 4.96. The van der Waals surface area contributed by atoms with Gasteiger partial charge in [-0.3, -0.25) is 9.69 Å². The van der Waals surface area contributed by atoms with Gasteiger partial charge >= 0.3 is 0 Å². The molecular weight excluding hydrogens is 485 g/mol.